The first kappa shape index (κ1) is 15.5. The molecule has 1 aliphatic carbocycles. The molecule has 0 aliphatic heterocycles. The third-order valence-corrected chi connectivity index (χ3v) is 3.93. The molecule has 1 saturated carbocycles. The highest BCUT2D eigenvalue weighted by molar-refractivity contribution is 5.75. The van der Waals surface area contributed by atoms with Crippen LogP contribution in [0.2, 0.25) is 0 Å². The number of hydrogen-bond acceptors (Lipinski definition) is 2. The van der Waals surface area contributed by atoms with Crippen LogP contribution in [0.1, 0.15) is 65.7 Å². The van der Waals surface area contributed by atoms with E-state index >= 15 is 0 Å². The first-order chi connectivity index (χ1) is 8.53. The Bertz CT molecular complexity index is 251. The fourth-order valence-corrected chi connectivity index (χ4v) is 2.61. The fraction of sp³-hybridized carbons (Fsp3) is 0.933. The molecule has 0 radical (unpaired) electrons. The van der Waals surface area contributed by atoms with E-state index in [1.807, 2.05) is 0 Å². The minimum Gasteiger partial charge on any atom is -0.356 e. The van der Waals surface area contributed by atoms with Crippen molar-refractivity contribution in [2.45, 2.75) is 71.8 Å². The second kappa shape index (κ2) is 7.78. The summed E-state index contributed by atoms with van der Waals surface area (Å²) < 4.78 is 0. The van der Waals surface area contributed by atoms with Gasteiger partial charge in [-0.2, -0.15) is 0 Å². The number of hydrogen-bond donors (Lipinski definition) is 2. The molecule has 0 bridgehead atoms. The smallest absolute Gasteiger partial charge is 0.221 e. The predicted octanol–water partition coefficient (Wildman–Crippen LogP) is 2.85. The molecule has 1 aliphatic rings. The van der Waals surface area contributed by atoms with E-state index in [9.17, 15) is 4.79 Å². The summed E-state index contributed by atoms with van der Waals surface area (Å²) in [7, 11) is 0. The van der Waals surface area contributed by atoms with Gasteiger partial charge in [-0.3, -0.25) is 4.79 Å². The van der Waals surface area contributed by atoms with E-state index in [4.69, 9.17) is 0 Å². The Hall–Kier alpha value is -0.570. The van der Waals surface area contributed by atoms with Gasteiger partial charge in [-0.1, -0.05) is 27.2 Å². The number of rotatable bonds is 6. The van der Waals surface area contributed by atoms with Gasteiger partial charge in [-0.05, 0) is 37.5 Å². The highest BCUT2D eigenvalue weighted by Crippen LogP contribution is 2.33. The minimum atomic E-state index is 0.179. The Morgan fingerprint density at radius 3 is 2.72 bits per heavy atom. The molecule has 1 rings (SSSR count). The van der Waals surface area contributed by atoms with Gasteiger partial charge in [-0.25, -0.2) is 0 Å². The van der Waals surface area contributed by atoms with Crippen molar-refractivity contribution >= 4 is 5.91 Å². The Morgan fingerprint density at radius 1 is 1.22 bits per heavy atom. The average Bonchev–Trinajstić information content (AvgIpc) is 2.48. The van der Waals surface area contributed by atoms with E-state index in [0.29, 0.717) is 17.9 Å². The summed E-state index contributed by atoms with van der Waals surface area (Å²) in [4.78, 5) is 11.5. The van der Waals surface area contributed by atoms with Crippen molar-refractivity contribution in [2.24, 2.45) is 5.41 Å². The molecule has 0 heterocycles. The van der Waals surface area contributed by atoms with E-state index in [0.717, 1.165) is 19.5 Å². The quantitative estimate of drug-likeness (QED) is 0.716. The molecule has 1 unspecified atom stereocenters. The van der Waals surface area contributed by atoms with Gasteiger partial charge in [-0.15, -0.1) is 0 Å². The van der Waals surface area contributed by atoms with Gasteiger partial charge in [0.05, 0.1) is 0 Å². The summed E-state index contributed by atoms with van der Waals surface area (Å²) in [5.74, 6) is 0.179. The highest BCUT2D eigenvalue weighted by atomic mass is 16.1. The fourth-order valence-electron chi connectivity index (χ4n) is 2.61. The molecular formula is C15H30N2O. The summed E-state index contributed by atoms with van der Waals surface area (Å²) in [6.07, 6.45) is 8.09. The van der Waals surface area contributed by atoms with Crippen LogP contribution in [0, 0.1) is 5.41 Å². The van der Waals surface area contributed by atoms with Crippen LogP contribution < -0.4 is 10.6 Å². The zero-order valence-corrected chi connectivity index (χ0v) is 12.3. The maximum Gasteiger partial charge on any atom is 0.221 e. The standard InChI is InChI=1S/C15H30N2O/c1-4-11-17-14(18)8-12-16-13-6-5-9-15(2,3)10-7-13/h13,16H,4-12H2,1-3H3,(H,17,18). The van der Waals surface area contributed by atoms with Gasteiger partial charge in [0.1, 0.15) is 0 Å². The summed E-state index contributed by atoms with van der Waals surface area (Å²) in [6.45, 7) is 8.43. The van der Waals surface area contributed by atoms with E-state index < -0.39 is 0 Å². The summed E-state index contributed by atoms with van der Waals surface area (Å²) in [5, 5.41) is 6.46. The van der Waals surface area contributed by atoms with E-state index in [2.05, 4.69) is 31.4 Å². The molecule has 18 heavy (non-hydrogen) atoms. The van der Waals surface area contributed by atoms with E-state index in [-0.39, 0.29) is 5.91 Å². The molecule has 0 spiro atoms. The van der Waals surface area contributed by atoms with Crippen molar-refractivity contribution in [3.63, 3.8) is 0 Å². The zero-order chi connectivity index (χ0) is 13.4. The molecule has 0 aromatic heterocycles. The van der Waals surface area contributed by atoms with Crippen LogP contribution in [-0.4, -0.2) is 25.0 Å². The molecule has 3 heteroatoms. The molecular weight excluding hydrogens is 224 g/mol. The second-order valence-electron chi connectivity index (χ2n) is 6.35. The van der Waals surface area contributed by atoms with Crippen molar-refractivity contribution in [1.82, 2.24) is 10.6 Å². The molecule has 0 aromatic carbocycles. The third kappa shape index (κ3) is 6.39. The number of amides is 1. The van der Waals surface area contributed by atoms with Crippen molar-refractivity contribution in [3.8, 4) is 0 Å². The first-order valence-electron chi connectivity index (χ1n) is 7.53. The van der Waals surface area contributed by atoms with Crippen LogP contribution in [0.3, 0.4) is 0 Å². The van der Waals surface area contributed by atoms with E-state index in [1.165, 1.54) is 32.1 Å². The number of carbonyl (C=O) groups is 1. The molecule has 1 amide bonds. The normalized spacial score (nSPS) is 23.4. The summed E-state index contributed by atoms with van der Waals surface area (Å²) in [5.41, 5.74) is 0.509. The second-order valence-corrected chi connectivity index (χ2v) is 6.35. The van der Waals surface area contributed by atoms with Crippen molar-refractivity contribution in [2.75, 3.05) is 13.1 Å². The molecule has 106 valence electrons. The minimum absolute atomic E-state index is 0.179. The van der Waals surface area contributed by atoms with Gasteiger partial charge in [0.25, 0.3) is 0 Å². The number of nitrogens with one attached hydrogen (secondary N) is 2. The topological polar surface area (TPSA) is 41.1 Å². The Morgan fingerprint density at radius 2 is 2.00 bits per heavy atom. The number of carbonyl (C=O) groups excluding carboxylic acids is 1. The lowest BCUT2D eigenvalue weighted by atomic mass is 9.85. The summed E-state index contributed by atoms with van der Waals surface area (Å²) in [6, 6.07) is 0.616. The van der Waals surface area contributed by atoms with Crippen molar-refractivity contribution < 1.29 is 4.79 Å². The van der Waals surface area contributed by atoms with Gasteiger partial charge in [0.15, 0.2) is 0 Å². The van der Waals surface area contributed by atoms with Crippen molar-refractivity contribution in [1.29, 1.82) is 0 Å². The van der Waals surface area contributed by atoms with Crippen LogP contribution in [0.25, 0.3) is 0 Å². The lowest BCUT2D eigenvalue weighted by Gasteiger charge is -2.22. The molecule has 1 atom stereocenters. The Labute approximate surface area is 112 Å². The average molecular weight is 254 g/mol. The van der Waals surface area contributed by atoms with Crippen LogP contribution in [0.5, 0.6) is 0 Å². The molecule has 1 fully saturated rings. The maximum atomic E-state index is 11.5. The Balaban J connectivity index is 2.14. The van der Waals surface area contributed by atoms with Gasteiger partial charge >= 0.3 is 0 Å². The SMILES string of the molecule is CCCNC(=O)CCNC1CCCC(C)(C)CC1. The maximum absolute atomic E-state index is 11.5. The molecule has 0 aromatic rings. The van der Waals surface area contributed by atoms with Crippen LogP contribution >= 0.6 is 0 Å². The van der Waals surface area contributed by atoms with Crippen LogP contribution in [0.4, 0.5) is 0 Å². The van der Waals surface area contributed by atoms with Gasteiger partial charge < -0.3 is 10.6 Å². The third-order valence-electron chi connectivity index (χ3n) is 3.93. The lowest BCUT2D eigenvalue weighted by Crippen LogP contribution is -2.33. The first-order valence-corrected chi connectivity index (χ1v) is 7.53. The lowest BCUT2D eigenvalue weighted by molar-refractivity contribution is -0.121. The highest BCUT2D eigenvalue weighted by Gasteiger charge is 2.23. The van der Waals surface area contributed by atoms with Crippen LogP contribution in [0.15, 0.2) is 0 Å². The molecule has 2 N–H and O–H groups in total. The Kier molecular flexibility index (Phi) is 6.69. The largest absolute Gasteiger partial charge is 0.356 e. The molecule has 0 saturated heterocycles. The predicted molar refractivity (Wildman–Crippen MR) is 76.6 cm³/mol. The summed E-state index contributed by atoms with van der Waals surface area (Å²) >= 11 is 0. The monoisotopic (exact) mass is 254 g/mol. The van der Waals surface area contributed by atoms with Crippen molar-refractivity contribution in [3.05, 3.63) is 0 Å². The molecule has 3 nitrogen and oxygen atoms in total. The van der Waals surface area contributed by atoms with Crippen LogP contribution in [-0.2, 0) is 4.79 Å². The van der Waals surface area contributed by atoms with Gasteiger partial charge in [0.2, 0.25) is 5.91 Å². The van der Waals surface area contributed by atoms with Gasteiger partial charge in [0, 0.05) is 25.6 Å². The van der Waals surface area contributed by atoms with E-state index in [1.54, 1.807) is 0 Å². The zero-order valence-electron chi connectivity index (χ0n) is 12.3.